The van der Waals surface area contributed by atoms with Crippen LogP contribution in [0.2, 0.25) is 0 Å². The Morgan fingerprint density at radius 1 is 1.44 bits per heavy atom. The van der Waals surface area contributed by atoms with Crippen molar-refractivity contribution in [3.63, 3.8) is 0 Å². The van der Waals surface area contributed by atoms with Crippen LogP contribution in [-0.2, 0) is 0 Å². The Bertz CT molecular complexity index is 299. The zero-order valence-electron chi connectivity index (χ0n) is 12.0. The van der Waals surface area contributed by atoms with Crippen LogP contribution in [0.4, 0.5) is 0 Å². The summed E-state index contributed by atoms with van der Waals surface area (Å²) >= 11 is 1.88. The van der Waals surface area contributed by atoms with Crippen molar-refractivity contribution in [3.8, 4) is 0 Å². The van der Waals surface area contributed by atoms with Crippen molar-refractivity contribution in [2.75, 3.05) is 31.9 Å². The first-order chi connectivity index (χ1) is 8.61. The number of amidine groups is 1. The molecular weight excluding hydrogens is 242 g/mol. The lowest BCUT2D eigenvalue weighted by atomic mass is 10.0. The molecule has 0 aromatic heterocycles. The molecule has 104 valence electrons. The summed E-state index contributed by atoms with van der Waals surface area (Å²) in [6.45, 7) is 11.6. The molecular formula is C14H27N3S. The van der Waals surface area contributed by atoms with Crippen molar-refractivity contribution >= 4 is 16.9 Å². The van der Waals surface area contributed by atoms with Crippen LogP contribution in [-0.4, -0.2) is 47.5 Å². The van der Waals surface area contributed by atoms with Crippen molar-refractivity contribution in [1.29, 1.82) is 0 Å². The van der Waals surface area contributed by atoms with Gasteiger partial charge in [-0.3, -0.25) is 4.99 Å². The molecule has 4 heteroatoms. The van der Waals surface area contributed by atoms with E-state index < -0.39 is 0 Å². The Balaban J connectivity index is 1.73. The molecule has 2 rings (SSSR count). The summed E-state index contributed by atoms with van der Waals surface area (Å²) in [4.78, 5) is 7.33. The third-order valence-corrected chi connectivity index (χ3v) is 5.32. The van der Waals surface area contributed by atoms with E-state index >= 15 is 0 Å². The van der Waals surface area contributed by atoms with Gasteiger partial charge in [0.15, 0.2) is 5.17 Å². The molecule has 2 fully saturated rings. The minimum Gasteiger partial charge on any atom is -0.359 e. The Labute approximate surface area is 116 Å². The second-order valence-corrected chi connectivity index (χ2v) is 7.05. The van der Waals surface area contributed by atoms with Crippen molar-refractivity contribution in [2.24, 2.45) is 10.9 Å². The fourth-order valence-corrected chi connectivity index (χ4v) is 3.75. The number of aliphatic imine (C=N–C) groups is 1. The van der Waals surface area contributed by atoms with E-state index in [4.69, 9.17) is 4.99 Å². The highest BCUT2D eigenvalue weighted by molar-refractivity contribution is 8.14. The first-order valence-corrected chi connectivity index (χ1v) is 8.27. The van der Waals surface area contributed by atoms with Crippen molar-refractivity contribution < 1.29 is 0 Å². The smallest absolute Gasteiger partial charge is 0.157 e. The van der Waals surface area contributed by atoms with Gasteiger partial charge >= 0.3 is 0 Å². The van der Waals surface area contributed by atoms with E-state index in [0.29, 0.717) is 5.92 Å². The predicted molar refractivity (Wildman–Crippen MR) is 81.4 cm³/mol. The third-order valence-electron chi connectivity index (χ3n) is 4.03. The lowest BCUT2D eigenvalue weighted by Crippen LogP contribution is -2.39. The molecule has 0 aliphatic carbocycles. The molecule has 2 atom stereocenters. The van der Waals surface area contributed by atoms with Crippen LogP contribution in [0.1, 0.15) is 40.0 Å². The van der Waals surface area contributed by atoms with E-state index in [2.05, 4.69) is 31.0 Å². The summed E-state index contributed by atoms with van der Waals surface area (Å²) in [6.07, 6.45) is 3.93. The maximum atomic E-state index is 4.75. The van der Waals surface area contributed by atoms with Gasteiger partial charge in [0.2, 0.25) is 0 Å². The van der Waals surface area contributed by atoms with Crippen LogP contribution in [0.25, 0.3) is 0 Å². The number of likely N-dealkylation sites (tertiary alicyclic amines) is 1. The molecule has 2 unspecified atom stereocenters. The summed E-state index contributed by atoms with van der Waals surface area (Å²) in [6, 6.07) is 0. The number of hydrogen-bond acceptors (Lipinski definition) is 3. The van der Waals surface area contributed by atoms with Gasteiger partial charge in [0, 0.05) is 24.4 Å². The molecule has 0 amide bonds. The van der Waals surface area contributed by atoms with Crippen molar-refractivity contribution in [3.05, 3.63) is 0 Å². The number of nitrogens with one attached hydrogen (secondary N) is 1. The first-order valence-electron chi connectivity index (χ1n) is 7.29. The molecule has 0 saturated carbocycles. The molecule has 0 spiro atoms. The Morgan fingerprint density at radius 2 is 2.17 bits per heavy atom. The predicted octanol–water partition coefficient (Wildman–Crippen LogP) is 2.58. The largest absolute Gasteiger partial charge is 0.359 e. The van der Waals surface area contributed by atoms with Gasteiger partial charge in [-0.25, -0.2) is 0 Å². The van der Waals surface area contributed by atoms with Gasteiger partial charge < -0.3 is 10.2 Å². The van der Waals surface area contributed by atoms with Gasteiger partial charge in [0.05, 0.1) is 0 Å². The molecule has 0 bridgehead atoms. The van der Waals surface area contributed by atoms with E-state index in [-0.39, 0.29) is 5.54 Å². The average Bonchev–Trinajstić information content (AvgIpc) is 2.97. The Morgan fingerprint density at radius 3 is 2.78 bits per heavy atom. The first kappa shape index (κ1) is 14.2. The number of thioether (sulfide) groups is 1. The highest BCUT2D eigenvalue weighted by atomic mass is 32.2. The van der Waals surface area contributed by atoms with Crippen LogP contribution in [0, 0.1) is 5.92 Å². The third kappa shape index (κ3) is 3.89. The van der Waals surface area contributed by atoms with Crippen LogP contribution < -0.4 is 5.32 Å². The second kappa shape index (κ2) is 6.29. The summed E-state index contributed by atoms with van der Waals surface area (Å²) in [5, 5.41) is 4.73. The summed E-state index contributed by atoms with van der Waals surface area (Å²) in [7, 11) is 0. The van der Waals surface area contributed by atoms with Gasteiger partial charge in [-0.15, -0.1) is 0 Å². The van der Waals surface area contributed by atoms with Crippen molar-refractivity contribution in [1.82, 2.24) is 10.2 Å². The number of nitrogens with zero attached hydrogens (tertiary/aromatic N) is 2. The van der Waals surface area contributed by atoms with E-state index in [0.717, 1.165) is 17.5 Å². The highest BCUT2D eigenvalue weighted by Crippen LogP contribution is 2.25. The summed E-state index contributed by atoms with van der Waals surface area (Å²) < 4.78 is 0. The topological polar surface area (TPSA) is 27.6 Å². The summed E-state index contributed by atoms with van der Waals surface area (Å²) in [5.41, 5.74) is 0.266. The minimum atomic E-state index is 0.266. The van der Waals surface area contributed by atoms with Gasteiger partial charge in [0.1, 0.15) is 0 Å². The van der Waals surface area contributed by atoms with Gasteiger partial charge in [-0.2, -0.15) is 0 Å². The maximum absolute atomic E-state index is 4.75. The zero-order chi connectivity index (χ0) is 13.0. The molecule has 2 saturated heterocycles. The molecule has 18 heavy (non-hydrogen) atoms. The average molecular weight is 269 g/mol. The fourth-order valence-electron chi connectivity index (χ4n) is 2.54. The highest BCUT2D eigenvalue weighted by Gasteiger charge is 2.30. The SMILES string of the molecule is CCC1(C)CSC(=NCC(C)CN2CCCC2)N1. The van der Waals surface area contributed by atoms with Crippen LogP contribution in [0.5, 0.6) is 0 Å². The zero-order valence-corrected chi connectivity index (χ0v) is 12.9. The van der Waals surface area contributed by atoms with E-state index in [9.17, 15) is 0 Å². The number of rotatable bonds is 5. The second-order valence-electron chi connectivity index (χ2n) is 6.09. The van der Waals surface area contributed by atoms with Crippen molar-refractivity contribution in [2.45, 2.75) is 45.6 Å². The molecule has 2 aliphatic heterocycles. The molecule has 1 N–H and O–H groups in total. The normalized spacial score (nSPS) is 32.9. The minimum absolute atomic E-state index is 0.266. The Kier molecular flexibility index (Phi) is 4.96. The van der Waals surface area contributed by atoms with Gasteiger partial charge in [0.25, 0.3) is 0 Å². The van der Waals surface area contributed by atoms with Crippen LogP contribution in [0.3, 0.4) is 0 Å². The van der Waals surface area contributed by atoms with Crippen LogP contribution in [0.15, 0.2) is 4.99 Å². The van der Waals surface area contributed by atoms with Gasteiger partial charge in [-0.05, 0) is 45.2 Å². The lowest BCUT2D eigenvalue weighted by Gasteiger charge is -2.21. The monoisotopic (exact) mass is 269 g/mol. The van der Waals surface area contributed by atoms with E-state index in [1.165, 1.54) is 38.9 Å². The van der Waals surface area contributed by atoms with E-state index in [1.54, 1.807) is 0 Å². The molecule has 2 heterocycles. The lowest BCUT2D eigenvalue weighted by molar-refractivity contribution is 0.291. The molecule has 2 aliphatic rings. The number of hydrogen-bond donors (Lipinski definition) is 1. The van der Waals surface area contributed by atoms with Gasteiger partial charge in [-0.1, -0.05) is 25.6 Å². The fraction of sp³-hybridized carbons (Fsp3) is 0.929. The molecule has 0 radical (unpaired) electrons. The standard InChI is InChI=1S/C14H27N3S/c1-4-14(3)11-18-13(16-14)15-9-12(2)10-17-7-5-6-8-17/h12H,4-11H2,1-3H3,(H,15,16). The molecule has 3 nitrogen and oxygen atoms in total. The summed E-state index contributed by atoms with van der Waals surface area (Å²) in [5.74, 6) is 1.83. The quantitative estimate of drug-likeness (QED) is 0.831. The Hall–Kier alpha value is -0.220. The van der Waals surface area contributed by atoms with E-state index in [1.807, 2.05) is 11.8 Å². The molecule has 0 aromatic carbocycles. The maximum Gasteiger partial charge on any atom is 0.157 e. The molecule has 0 aromatic rings. The van der Waals surface area contributed by atoms with Crippen LogP contribution >= 0.6 is 11.8 Å².